The number of alkyl halides is 4. The van der Waals surface area contributed by atoms with Gasteiger partial charge in [0.15, 0.2) is 0 Å². The van der Waals surface area contributed by atoms with Gasteiger partial charge in [-0.2, -0.15) is 18.2 Å². The second-order valence-electron chi connectivity index (χ2n) is 9.79. The molecule has 0 amide bonds. The molecule has 1 aliphatic rings. The summed E-state index contributed by atoms with van der Waals surface area (Å²) in [6, 6.07) is 4.33. The summed E-state index contributed by atoms with van der Waals surface area (Å²) in [6.45, 7) is 4.38. The van der Waals surface area contributed by atoms with E-state index in [1.807, 2.05) is 4.72 Å². The first kappa shape index (κ1) is 29.5. The van der Waals surface area contributed by atoms with Gasteiger partial charge in [-0.15, -0.1) is 0 Å². The van der Waals surface area contributed by atoms with Gasteiger partial charge in [-0.05, 0) is 44.0 Å². The summed E-state index contributed by atoms with van der Waals surface area (Å²) in [4.78, 5) is 26.3. The minimum atomic E-state index is -4.69. The summed E-state index contributed by atoms with van der Waals surface area (Å²) in [5.74, 6) is -2.38. The lowest BCUT2D eigenvalue weighted by atomic mass is 10.00. The van der Waals surface area contributed by atoms with Crippen molar-refractivity contribution in [3.05, 3.63) is 46.6 Å². The Labute approximate surface area is 226 Å². The third-order valence-electron chi connectivity index (χ3n) is 6.21. The number of anilines is 1. The number of aliphatic imine (C=N–C) groups is 1. The van der Waals surface area contributed by atoms with Gasteiger partial charge in [0.25, 0.3) is 11.5 Å². The van der Waals surface area contributed by atoms with E-state index in [4.69, 9.17) is 0 Å². The number of benzene rings is 1. The first-order chi connectivity index (χ1) is 18.7. The van der Waals surface area contributed by atoms with Crippen molar-refractivity contribution < 1.29 is 30.4 Å². The molecule has 0 aliphatic carbocycles. The summed E-state index contributed by atoms with van der Waals surface area (Å²) < 4.78 is 92.8. The Morgan fingerprint density at radius 1 is 1.25 bits per heavy atom. The van der Waals surface area contributed by atoms with E-state index in [-0.39, 0.29) is 34.7 Å². The summed E-state index contributed by atoms with van der Waals surface area (Å²) in [7, 11) is -4.47. The maximum Gasteiger partial charge on any atom is 0.390 e. The Morgan fingerprint density at radius 2 is 2.00 bits per heavy atom. The van der Waals surface area contributed by atoms with Gasteiger partial charge in [0.05, 0.1) is 17.9 Å². The van der Waals surface area contributed by atoms with Crippen LogP contribution in [0.3, 0.4) is 0 Å². The fraction of sp³-hybridized carbons (Fsp3) is 0.440. The van der Waals surface area contributed by atoms with Gasteiger partial charge >= 0.3 is 6.18 Å². The lowest BCUT2D eigenvalue weighted by molar-refractivity contribution is -0.129. The number of rotatable bonds is 8. The van der Waals surface area contributed by atoms with Gasteiger partial charge in [-0.1, -0.05) is 6.07 Å². The van der Waals surface area contributed by atoms with Gasteiger partial charge < -0.3 is 5.32 Å². The molecule has 0 spiro atoms. The van der Waals surface area contributed by atoms with Crippen LogP contribution in [0.1, 0.15) is 32.7 Å². The Hall–Kier alpha value is -3.46. The molecular weight excluding hydrogens is 559 g/mol. The largest absolute Gasteiger partial charge is 0.390 e. The molecule has 216 valence electrons. The average molecular weight is 587 g/mol. The average Bonchev–Trinajstić information content (AvgIpc) is 2.86. The summed E-state index contributed by atoms with van der Waals surface area (Å²) in [6.07, 6.45) is -3.89. The molecule has 1 saturated heterocycles. The molecule has 2 atom stereocenters. The summed E-state index contributed by atoms with van der Waals surface area (Å²) >= 11 is 0. The number of fused-ring (bicyclic) bond motifs is 1. The van der Waals surface area contributed by atoms with E-state index in [9.17, 15) is 35.2 Å². The molecule has 0 saturated carbocycles. The van der Waals surface area contributed by atoms with Crippen LogP contribution in [0.5, 0.6) is 0 Å². The minimum absolute atomic E-state index is 0.0775. The highest BCUT2D eigenvalue weighted by Gasteiger charge is 2.30. The van der Waals surface area contributed by atoms with Crippen LogP contribution in [-0.4, -0.2) is 60.4 Å². The van der Waals surface area contributed by atoms with Crippen molar-refractivity contribution in [3.8, 4) is 11.1 Å². The number of hydrogen-bond donors (Lipinski definition) is 2. The number of sulfonamides is 1. The number of nitrogens with one attached hydrogen (secondary N) is 2. The van der Waals surface area contributed by atoms with Crippen LogP contribution < -0.4 is 15.6 Å². The maximum atomic E-state index is 14.8. The highest BCUT2D eigenvalue weighted by molar-refractivity contribution is 7.92. The maximum absolute atomic E-state index is 14.8. The van der Waals surface area contributed by atoms with Crippen LogP contribution in [0.4, 0.5) is 33.6 Å². The van der Waals surface area contributed by atoms with E-state index < -0.39 is 51.6 Å². The number of aromatic nitrogens is 3. The zero-order chi connectivity index (χ0) is 29.2. The fourth-order valence-electron chi connectivity index (χ4n) is 4.30. The van der Waals surface area contributed by atoms with Gasteiger partial charge in [0, 0.05) is 48.4 Å². The lowest BCUT2D eigenvalue weighted by Crippen LogP contribution is -2.37. The van der Waals surface area contributed by atoms with Crippen LogP contribution in [-0.2, 0) is 10.0 Å². The molecular formula is C25H27F5N6O3S. The third kappa shape index (κ3) is 7.18. The predicted molar refractivity (Wildman–Crippen MR) is 142 cm³/mol. The molecule has 40 heavy (non-hydrogen) atoms. The van der Waals surface area contributed by atoms with Crippen LogP contribution >= 0.6 is 0 Å². The van der Waals surface area contributed by atoms with Crippen LogP contribution in [0, 0.1) is 11.7 Å². The Kier molecular flexibility index (Phi) is 8.54. The molecule has 0 radical (unpaired) electrons. The molecule has 3 aromatic rings. The second kappa shape index (κ2) is 11.6. The number of halogens is 5. The molecule has 3 heterocycles. The summed E-state index contributed by atoms with van der Waals surface area (Å²) in [5.41, 5.74) is -0.580. The van der Waals surface area contributed by atoms with Crippen molar-refractivity contribution in [1.82, 2.24) is 19.9 Å². The first-order valence-electron chi connectivity index (χ1n) is 12.4. The van der Waals surface area contributed by atoms with Gasteiger partial charge in [0.1, 0.15) is 17.6 Å². The van der Waals surface area contributed by atoms with Gasteiger partial charge in [-0.3, -0.25) is 14.1 Å². The zero-order valence-electron chi connectivity index (χ0n) is 21.5. The normalized spacial score (nSPS) is 18.6. The quantitative estimate of drug-likeness (QED) is 0.296. The van der Waals surface area contributed by atoms with E-state index in [1.165, 1.54) is 22.9 Å². The van der Waals surface area contributed by atoms with Crippen LogP contribution in [0.2, 0.25) is 0 Å². The number of hydrogen-bond acceptors (Lipinski definition) is 7. The van der Waals surface area contributed by atoms with Crippen molar-refractivity contribution in [2.24, 2.45) is 10.9 Å². The van der Waals surface area contributed by atoms with Crippen molar-refractivity contribution in [3.63, 3.8) is 0 Å². The molecule has 0 bridgehead atoms. The predicted octanol–water partition coefficient (Wildman–Crippen LogP) is 4.52. The zero-order valence-corrected chi connectivity index (χ0v) is 22.4. The molecule has 1 unspecified atom stereocenters. The third-order valence-corrected chi connectivity index (χ3v) is 7.48. The highest BCUT2D eigenvalue weighted by Crippen LogP contribution is 2.27. The number of pyridine rings is 1. The highest BCUT2D eigenvalue weighted by atomic mass is 32.2. The monoisotopic (exact) mass is 586 g/mol. The van der Waals surface area contributed by atoms with Crippen molar-refractivity contribution in [2.45, 2.75) is 45.1 Å². The van der Waals surface area contributed by atoms with Crippen molar-refractivity contribution in [1.29, 1.82) is 0 Å². The number of nitrogens with zero attached hydrogens (tertiary/aromatic N) is 4. The molecule has 1 aromatic carbocycles. The smallest absolute Gasteiger partial charge is 0.313 e. The Bertz CT molecular complexity index is 1590. The van der Waals surface area contributed by atoms with E-state index in [2.05, 4.69) is 20.3 Å². The van der Waals surface area contributed by atoms with E-state index in [0.29, 0.717) is 24.9 Å². The molecule has 1 fully saturated rings. The number of piperidine rings is 1. The molecule has 9 nitrogen and oxygen atoms in total. The van der Waals surface area contributed by atoms with Gasteiger partial charge in [0.2, 0.25) is 10.0 Å². The van der Waals surface area contributed by atoms with Crippen molar-refractivity contribution >= 4 is 38.9 Å². The van der Waals surface area contributed by atoms with Crippen LogP contribution in [0.25, 0.3) is 22.2 Å². The topological polar surface area (TPSA) is 118 Å². The van der Waals surface area contributed by atoms with Crippen LogP contribution in [0.15, 0.2) is 40.2 Å². The molecule has 2 N–H and O–H groups in total. The van der Waals surface area contributed by atoms with E-state index >= 15 is 0 Å². The van der Waals surface area contributed by atoms with E-state index in [0.717, 1.165) is 12.1 Å². The fourth-order valence-corrected chi connectivity index (χ4v) is 5.40. The first-order valence-corrected chi connectivity index (χ1v) is 14.1. The molecule has 2 aromatic heterocycles. The van der Waals surface area contributed by atoms with E-state index in [1.54, 1.807) is 20.1 Å². The molecule has 15 heteroatoms. The lowest BCUT2D eigenvalue weighted by Gasteiger charge is -2.22. The summed E-state index contributed by atoms with van der Waals surface area (Å²) in [5, 5.41) is 3.43. The molecule has 1 aliphatic heterocycles. The SMILES string of the molecule is CC(C)n1c(=O)c(-c2ccc(NS(=O)(=O)CCC(F)(F)F)c(F)c2)cc2cnc(N=CC3CNC[C@@H](F)C3)nc21. The van der Waals surface area contributed by atoms with Gasteiger partial charge in [-0.25, -0.2) is 27.2 Å². The molecule has 4 rings (SSSR count). The van der Waals surface area contributed by atoms with Crippen molar-refractivity contribution in [2.75, 3.05) is 23.6 Å². The minimum Gasteiger partial charge on any atom is -0.313 e. The Morgan fingerprint density at radius 3 is 2.65 bits per heavy atom. The second-order valence-corrected chi connectivity index (χ2v) is 11.6. The standard InChI is InChI=1S/C25H27F5N6O3S/c1-14(2)36-22-17(12-33-24(34-22)32-11-15-7-18(26)13-31-10-15)8-19(23(36)37)16-3-4-21(20(27)9-16)35-40(38,39)6-5-25(28,29)30/h3-4,8-9,11-12,14-15,18,31,35H,5-7,10,13H2,1-2H3/t15?,18-/m0/s1. The Balaban J connectivity index is 1.65.